The van der Waals surface area contributed by atoms with Crippen molar-refractivity contribution in [2.75, 3.05) is 0 Å². The molecule has 5 heteroatoms. The van der Waals surface area contributed by atoms with E-state index in [9.17, 15) is 0 Å². The summed E-state index contributed by atoms with van der Waals surface area (Å²) in [6.45, 7) is 14.1. The van der Waals surface area contributed by atoms with Crippen LogP contribution in [0, 0.1) is 35.3 Å². The summed E-state index contributed by atoms with van der Waals surface area (Å²) >= 11 is 0. The molecule has 2 bridgehead atoms. The van der Waals surface area contributed by atoms with Crippen LogP contribution in [0.15, 0.2) is 120 Å². The van der Waals surface area contributed by atoms with E-state index in [-0.39, 0.29) is 25.5 Å². The maximum Gasteiger partial charge on any atom is 0.121 e. The molecule has 0 amide bonds. The zero-order valence-electron chi connectivity index (χ0n) is 33.8. The van der Waals surface area contributed by atoms with Crippen molar-refractivity contribution in [3.05, 3.63) is 139 Å². The molecule has 3 nitrogen and oxygen atoms in total. The van der Waals surface area contributed by atoms with Gasteiger partial charge in [0.15, 0.2) is 0 Å². The monoisotopic (exact) mass is 931 g/mol. The maximum absolute atomic E-state index is 6.46. The number of hydrogen-bond acceptors (Lipinski definition) is 3. The first-order chi connectivity index (χ1) is 26.5. The molecule has 1 unspecified atom stereocenters. The van der Waals surface area contributed by atoms with E-state index in [2.05, 4.69) is 138 Å². The van der Waals surface area contributed by atoms with Crippen molar-refractivity contribution in [2.24, 2.45) is 23.2 Å². The van der Waals surface area contributed by atoms with Gasteiger partial charge in [0.05, 0.1) is 13.7 Å². The van der Waals surface area contributed by atoms with E-state index < -0.39 is 8.07 Å². The Hall–Kier alpha value is -4.15. The van der Waals surface area contributed by atoms with E-state index in [1.165, 1.54) is 66.0 Å². The van der Waals surface area contributed by atoms with Gasteiger partial charge in [-0.15, -0.1) is 54.1 Å². The number of rotatable bonds is 7. The van der Waals surface area contributed by atoms with Gasteiger partial charge in [-0.25, -0.2) is 0 Å². The van der Waals surface area contributed by atoms with Gasteiger partial charge in [0, 0.05) is 37.9 Å². The van der Waals surface area contributed by atoms with Crippen LogP contribution in [0.4, 0.5) is 0 Å². The fourth-order valence-electron chi connectivity index (χ4n) is 9.24. The molecular formula is C51H54IrN2OSi-2. The molecule has 7 aromatic rings. The van der Waals surface area contributed by atoms with E-state index in [0.29, 0.717) is 0 Å². The third kappa shape index (κ3) is 8.86. The van der Waals surface area contributed by atoms with Crippen LogP contribution in [-0.2, 0) is 32.9 Å². The van der Waals surface area contributed by atoms with Crippen molar-refractivity contribution >= 4 is 35.2 Å². The number of fused-ring (bicyclic) bond motifs is 6. The zero-order chi connectivity index (χ0) is 38.2. The summed E-state index contributed by atoms with van der Waals surface area (Å²) in [7, 11) is -1.37. The second-order valence-electron chi connectivity index (χ2n) is 18.3. The topological polar surface area (TPSA) is 38.9 Å². The van der Waals surface area contributed by atoms with Crippen LogP contribution in [-0.4, -0.2) is 18.0 Å². The Morgan fingerprint density at radius 2 is 1.57 bits per heavy atom. The van der Waals surface area contributed by atoms with Crippen LogP contribution >= 0.6 is 0 Å². The molecule has 56 heavy (non-hydrogen) atoms. The molecule has 3 aliphatic carbocycles. The summed E-state index contributed by atoms with van der Waals surface area (Å²) in [5, 5.41) is 3.77. The molecule has 3 aromatic heterocycles. The first-order valence-corrected chi connectivity index (χ1v) is 23.8. The Balaban J connectivity index is 0.000000190. The molecule has 4 aromatic carbocycles. The summed E-state index contributed by atoms with van der Waals surface area (Å²) in [5.41, 5.74) is 11.4. The van der Waals surface area contributed by atoms with Gasteiger partial charge < -0.3 is 14.4 Å². The van der Waals surface area contributed by atoms with Gasteiger partial charge >= 0.3 is 0 Å². The summed E-state index contributed by atoms with van der Waals surface area (Å²) in [4.78, 5) is 9.47. The largest absolute Gasteiger partial charge is 0.501 e. The van der Waals surface area contributed by atoms with Gasteiger partial charge in [0.2, 0.25) is 0 Å². The number of nitrogens with zero attached hydrogens (tertiary/aromatic N) is 2. The fourth-order valence-corrected chi connectivity index (χ4v) is 10.8. The van der Waals surface area contributed by atoms with Crippen molar-refractivity contribution in [3.8, 4) is 33.6 Å². The molecule has 0 spiro atoms. The minimum atomic E-state index is -1.37. The van der Waals surface area contributed by atoms with Crippen molar-refractivity contribution < 1.29 is 24.5 Å². The molecule has 1 radical (unpaired) electrons. The average molecular weight is 931 g/mol. The second kappa shape index (κ2) is 16.8. The van der Waals surface area contributed by atoms with Crippen LogP contribution in [0.1, 0.15) is 64.0 Å². The zero-order valence-corrected chi connectivity index (χ0v) is 37.2. The van der Waals surface area contributed by atoms with Crippen molar-refractivity contribution in [3.63, 3.8) is 0 Å². The Morgan fingerprint density at radius 1 is 0.786 bits per heavy atom. The molecule has 0 N–H and O–H groups in total. The summed E-state index contributed by atoms with van der Waals surface area (Å²) in [6, 6.07) is 42.6. The van der Waals surface area contributed by atoms with Crippen LogP contribution in [0.2, 0.25) is 19.6 Å². The van der Waals surface area contributed by atoms with Gasteiger partial charge in [-0.05, 0) is 95.1 Å². The number of benzene rings is 4. The molecule has 0 aliphatic heterocycles. The van der Waals surface area contributed by atoms with Crippen LogP contribution in [0.25, 0.3) is 55.6 Å². The molecule has 289 valence electrons. The van der Waals surface area contributed by atoms with E-state index in [1.54, 1.807) is 0 Å². The van der Waals surface area contributed by atoms with Crippen molar-refractivity contribution in [2.45, 2.75) is 85.4 Å². The summed E-state index contributed by atoms with van der Waals surface area (Å²) in [5.74, 6) is 2.72. The first kappa shape index (κ1) is 40.1. The number of furan rings is 1. The average Bonchev–Trinajstić information content (AvgIpc) is 3.58. The third-order valence-electron chi connectivity index (χ3n) is 11.8. The van der Waals surface area contributed by atoms with Crippen molar-refractivity contribution in [1.82, 2.24) is 9.97 Å². The molecule has 0 saturated heterocycles. The van der Waals surface area contributed by atoms with Crippen LogP contribution < -0.4 is 5.19 Å². The Morgan fingerprint density at radius 3 is 2.27 bits per heavy atom. The van der Waals surface area contributed by atoms with Crippen LogP contribution in [0.3, 0.4) is 0 Å². The SMILES string of the molecule is CC(C)(C)Cc1cc(-c2[c-]cccc2)ncc1[Si](C)(C)C.[Ir].[c-]1ccc2c(oc3cccc(-c4ccccc4)c32)c1-c1cc(CC2CC3CCC2CC3)ccn1. The van der Waals surface area contributed by atoms with Crippen molar-refractivity contribution in [1.29, 1.82) is 0 Å². The smallest absolute Gasteiger partial charge is 0.121 e. The van der Waals surface area contributed by atoms with Crippen LogP contribution in [0.5, 0.6) is 0 Å². The van der Waals surface area contributed by atoms with Gasteiger partial charge in [-0.2, -0.15) is 0 Å². The standard InChI is InChI=1S/C32H28NO.C19H26NSi.Ir/c1-2-6-24(7-3-1)26-8-5-11-30-31(26)28-10-4-9-27(32(28)34-30)29-20-22(16-17-33-29)19-25-18-21-12-14-23(25)15-13-21;1-19(2,3)13-16-12-17(15-10-8-7-9-11-15)20-14-18(16)21(4,5)6;/h1-8,10-11,16-17,20-21,23,25H,12-15,18-19H2;7-10,12,14H,13H2,1-6H3;/q2*-1;. The second-order valence-corrected chi connectivity index (χ2v) is 23.3. The minimum Gasteiger partial charge on any atom is -0.501 e. The molecule has 3 saturated carbocycles. The predicted octanol–water partition coefficient (Wildman–Crippen LogP) is 13.2. The number of pyridine rings is 2. The fraction of sp³-hybridized carbons (Fsp3) is 0.333. The van der Waals surface area contributed by atoms with E-state index in [4.69, 9.17) is 14.4 Å². The number of aromatic nitrogens is 2. The van der Waals surface area contributed by atoms with Gasteiger partial charge in [-0.3, -0.25) is 0 Å². The Bertz CT molecular complexity index is 2400. The minimum absolute atomic E-state index is 0. The molecule has 3 fully saturated rings. The molecule has 3 aliphatic rings. The van der Waals surface area contributed by atoms with E-state index in [0.717, 1.165) is 68.6 Å². The molecule has 1 atom stereocenters. The third-order valence-corrected chi connectivity index (χ3v) is 13.9. The normalized spacial score (nSPS) is 18.0. The van der Waals surface area contributed by atoms with E-state index in [1.807, 2.05) is 30.5 Å². The van der Waals surface area contributed by atoms with Gasteiger partial charge in [0.25, 0.3) is 0 Å². The maximum atomic E-state index is 6.46. The molecular weight excluding hydrogens is 877 g/mol. The van der Waals surface area contributed by atoms with E-state index >= 15 is 0 Å². The first-order valence-electron chi connectivity index (χ1n) is 20.3. The quantitative estimate of drug-likeness (QED) is 0.118. The number of hydrogen-bond donors (Lipinski definition) is 0. The molecule has 10 rings (SSSR count). The van der Waals surface area contributed by atoms with Gasteiger partial charge in [0.1, 0.15) is 5.58 Å². The molecule has 3 heterocycles. The summed E-state index contributed by atoms with van der Waals surface area (Å²) in [6.07, 6.45) is 13.5. The van der Waals surface area contributed by atoms with Gasteiger partial charge in [-0.1, -0.05) is 130 Å². The predicted molar refractivity (Wildman–Crippen MR) is 233 cm³/mol. The summed E-state index contributed by atoms with van der Waals surface area (Å²) < 4.78 is 6.46. The Kier molecular flexibility index (Phi) is 12.0. The Labute approximate surface area is 348 Å².